The molecule has 0 aliphatic carbocycles. The molecule has 0 saturated carbocycles. The van der Waals surface area contributed by atoms with E-state index < -0.39 is 0 Å². The first-order valence-electron chi connectivity index (χ1n) is 6.85. The molecular formula is C13H21N3O3. The van der Waals surface area contributed by atoms with Gasteiger partial charge in [-0.05, 0) is 12.8 Å². The van der Waals surface area contributed by atoms with Gasteiger partial charge in [0, 0.05) is 52.1 Å². The summed E-state index contributed by atoms with van der Waals surface area (Å²) >= 11 is 0. The summed E-state index contributed by atoms with van der Waals surface area (Å²) < 4.78 is 0. The van der Waals surface area contributed by atoms with Crippen molar-refractivity contribution >= 4 is 18.2 Å². The third kappa shape index (κ3) is 3.24. The quantitative estimate of drug-likeness (QED) is 0.636. The number of amides is 3. The first kappa shape index (κ1) is 13.8. The molecule has 2 aliphatic rings. The van der Waals surface area contributed by atoms with E-state index >= 15 is 0 Å². The lowest BCUT2D eigenvalue weighted by atomic mass is 9.95. The Bertz CT molecular complexity index is 356. The molecule has 0 aromatic rings. The van der Waals surface area contributed by atoms with Crippen molar-refractivity contribution in [3.8, 4) is 0 Å². The number of likely N-dealkylation sites (tertiary alicyclic amines) is 1. The van der Waals surface area contributed by atoms with Crippen molar-refractivity contribution in [1.29, 1.82) is 0 Å². The number of carbonyl (C=O) groups excluding carboxylic acids is 3. The van der Waals surface area contributed by atoms with Crippen LogP contribution in [0.15, 0.2) is 0 Å². The van der Waals surface area contributed by atoms with Crippen LogP contribution in [0.1, 0.15) is 19.8 Å². The van der Waals surface area contributed by atoms with E-state index in [1.165, 1.54) is 0 Å². The van der Waals surface area contributed by atoms with Gasteiger partial charge >= 0.3 is 0 Å². The van der Waals surface area contributed by atoms with Gasteiger partial charge in [-0.25, -0.2) is 0 Å². The molecule has 2 rings (SSSR count). The van der Waals surface area contributed by atoms with Gasteiger partial charge in [0.15, 0.2) is 0 Å². The maximum Gasteiger partial charge on any atom is 0.225 e. The zero-order chi connectivity index (χ0) is 13.8. The van der Waals surface area contributed by atoms with Crippen molar-refractivity contribution in [2.75, 3.05) is 39.3 Å². The first-order valence-corrected chi connectivity index (χ1v) is 6.85. The summed E-state index contributed by atoms with van der Waals surface area (Å²) in [6.07, 6.45) is 2.35. The predicted octanol–water partition coefficient (Wildman–Crippen LogP) is -0.454. The van der Waals surface area contributed by atoms with Crippen LogP contribution in [0.25, 0.3) is 0 Å². The molecule has 6 nitrogen and oxygen atoms in total. The maximum absolute atomic E-state index is 12.3. The highest BCUT2D eigenvalue weighted by molar-refractivity contribution is 5.80. The summed E-state index contributed by atoms with van der Waals surface area (Å²) in [5.74, 6) is 0.317. The minimum absolute atomic E-state index is 0.0402. The van der Waals surface area contributed by atoms with E-state index in [0.717, 1.165) is 19.3 Å². The maximum atomic E-state index is 12.3. The van der Waals surface area contributed by atoms with E-state index in [0.29, 0.717) is 39.3 Å². The second-order valence-corrected chi connectivity index (χ2v) is 5.25. The van der Waals surface area contributed by atoms with E-state index in [4.69, 9.17) is 0 Å². The first-order chi connectivity index (χ1) is 9.11. The van der Waals surface area contributed by atoms with Crippen molar-refractivity contribution < 1.29 is 14.4 Å². The molecule has 0 aromatic carbocycles. The molecule has 2 fully saturated rings. The summed E-state index contributed by atoms with van der Waals surface area (Å²) in [4.78, 5) is 39.6. The second kappa shape index (κ2) is 6.04. The Morgan fingerprint density at radius 3 is 2.00 bits per heavy atom. The van der Waals surface area contributed by atoms with Crippen LogP contribution < -0.4 is 0 Å². The molecule has 0 unspecified atom stereocenters. The second-order valence-electron chi connectivity index (χ2n) is 5.25. The highest BCUT2D eigenvalue weighted by Gasteiger charge is 2.30. The summed E-state index contributed by atoms with van der Waals surface area (Å²) in [6.45, 7) is 5.44. The van der Waals surface area contributed by atoms with Crippen LogP contribution in [0.4, 0.5) is 0 Å². The van der Waals surface area contributed by atoms with E-state index in [1.54, 1.807) is 16.7 Å². The van der Waals surface area contributed by atoms with Crippen molar-refractivity contribution in [1.82, 2.24) is 14.7 Å². The summed E-state index contributed by atoms with van der Waals surface area (Å²) in [6, 6.07) is 0. The summed E-state index contributed by atoms with van der Waals surface area (Å²) in [7, 11) is 0. The topological polar surface area (TPSA) is 60.9 Å². The van der Waals surface area contributed by atoms with E-state index in [1.807, 2.05) is 4.90 Å². The third-order valence-corrected chi connectivity index (χ3v) is 4.06. The van der Waals surface area contributed by atoms with Crippen LogP contribution in [-0.4, -0.2) is 72.2 Å². The SMILES string of the molecule is CC(=O)N1CCC(C(=O)N2CCN(C=O)CC2)CC1. The number of rotatable bonds is 2. The van der Waals surface area contributed by atoms with Crippen molar-refractivity contribution in [3.05, 3.63) is 0 Å². The van der Waals surface area contributed by atoms with Gasteiger partial charge < -0.3 is 14.7 Å². The molecule has 6 heteroatoms. The zero-order valence-electron chi connectivity index (χ0n) is 11.4. The Labute approximate surface area is 113 Å². The number of piperazine rings is 1. The number of carbonyl (C=O) groups is 3. The predicted molar refractivity (Wildman–Crippen MR) is 69.2 cm³/mol. The van der Waals surface area contributed by atoms with Gasteiger partial charge in [-0.3, -0.25) is 14.4 Å². The van der Waals surface area contributed by atoms with Crippen molar-refractivity contribution in [3.63, 3.8) is 0 Å². The molecule has 2 saturated heterocycles. The fraction of sp³-hybridized carbons (Fsp3) is 0.769. The Balaban J connectivity index is 1.81. The van der Waals surface area contributed by atoms with Gasteiger partial charge in [-0.2, -0.15) is 0 Å². The smallest absolute Gasteiger partial charge is 0.225 e. The van der Waals surface area contributed by atoms with Crippen molar-refractivity contribution in [2.45, 2.75) is 19.8 Å². The minimum atomic E-state index is 0.0402. The number of hydrogen-bond donors (Lipinski definition) is 0. The third-order valence-electron chi connectivity index (χ3n) is 4.06. The fourth-order valence-electron chi connectivity index (χ4n) is 2.75. The Hall–Kier alpha value is -1.59. The zero-order valence-corrected chi connectivity index (χ0v) is 11.4. The average Bonchev–Trinajstić information content (AvgIpc) is 2.46. The van der Waals surface area contributed by atoms with Crippen LogP contribution in [0.2, 0.25) is 0 Å². The fourth-order valence-corrected chi connectivity index (χ4v) is 2.75. The number of hydrogen-bond acceptors (Lipinski definition) is 3. The van der Waals surface area contributed by atoms with Gasteiger partial charge in [0.05, 0.1) is 0 Å². The molecular weight excluding hydrogens is 246 g/mol. The van der Waals surface area contributed by atoms with E-state index in [9.17, 15) is 14.4 Å². The average molecular weight is 267 g/mol. The largest absolute Gasteiger partial charge is 0.343 e. The molecule has 3 amide bonds. The Morgan fingerprint density at radius 2 is 1.53 bits per heavy atom. The minimum Gasteiger partial charge on any atom is -0.343 e. The summed E-state index contributed by atoms with van der Waals surface area (Å²) in [5, 5.41) is 0. The summed E-state index contributed by atoms with van der Waals surface area (Å²) in [5.41, 5.74) is 0. The van der Waals surface area contributed by atoms with Crippen LogP contribution in [0.5, 0.6) is 0 Å². The molecule has 2 heterocycles. The van der Waals surface area contributed by atoms with Crippen LogP contribution in [0.3, 0.4) is 0 Å². The standard InChI is InChI=1S/C13H21N3O3/c1-11(18)15-4-2-12(3-5-15)13(19)16-8-6-14(10-17)7-9-16/h10,12H,2-9H2,1H3. The molecule has 0 aromatic heterocycles. The molecule has 2 aliphatic heterocycles. The lowest BCUT2D eigenvalue weighted by Gasteiger charge is -2.37. The normalized spacial score (nSPS) is 21.4. The van der Waals surface area contributed by atoms with E-state index in [-0.39, 0.29) is 17.7 Å². The highest BCUT2D eigenvalue weighted by atomic mass is 16.2. The van der Waals surface area contributed by atoms with Gasteiger partial charge in [0.1, 0.15) is 0 Å². The van der Waals surface area contributed by atoms with Crippen LogP contribution in [-0.2, 0) is 14.4 Å². The molecule has 0 bridgehead atoms. The van der Waals surface area contributed by atoms with E-state index in [2.05, 4.69) is 0 Å². The Kier molecular flexibility index (Phi) is 4.39. The molecule has 0 spiro atoms. The van der Waals surface area contributed by atoms with Gasteiger partial charge in [-0.1, -0.05) is 0 Å². The molecule has 0 atom stereocenters. The van der Waals surface area contributed by atoms with Gasteiger partial charge in [-0.15, -0.1) is 0 Å². The molecule has 106 valence electrons. The van der Waals surface area contributed by atoms with Crippen LogP contribution in [0, 0.1) is 5.92 Å². The van der Waals surface area contributed by atoms with Gasteiger partial charge in [0.2, 0.25) is 18.2 Å². The lowest BCUT2D eigenvalue weighted by molar-refractivity contribution is -0.142. The number of piperidine rings is 1. The highest BCUT2D eigenvalue weighted by Crippen LogP contribution is 2.20. The molecule has 19 heavy (non-hydrogen) atoms. The van der Waals surface area contributed by atoms with Crippen molar-refractivity contribution in [2.24, 2.45) is 5.92 Å². The molecule has 0 radical (unpaired) electrons. The molecule has 0 N–H and O–H groups in total. The number of nitrogens with zero attached hydrogens (tertiary/aromatic N) is 3. The monoisotopic (exact) mass is 267 g/mol. The van der Waals surface area contributed by atoms with Gasteiger partial charge in [0.25, 0.3) is 0 Å². The van der Waals surface area contributed by atoms with Crippen LogP contribution >= 0.6 is 0 Å². The Morgan fingerprint density at radius 1 is 0.947 bits per heavy atom. The lowest BCUT2D eigenvalue weighted by Crippen LogP contribution is -2.51.